The lowest BCUT2D eigenvalue weighted by atomic mass is 10.1. The van der Waals surface area contributed by atoms with Crippen molar-refractivity contribution >= 4 is 5.95 Å². The van der Waals surface area contributed by atoms with E-state index in [2.05, 4.69) is 33.7 Å². The Labute approximate surface area is 135 Å². The zero-order valence-electron chi connectivity index (χ0n) is 13.6. The summed E-state index contributed by atoms with van der Waals surface area (Å²) in [6.45, 7) is 6.36. The third-order valence-electron chi connectivity index (χ3n) is 4.08. The molecule has 0 bridgehead atoms. The molecule has 0 saturated carbocycles. The Morgan fingerprint density at radius 3 is 2.87 bits per heavy atom. The number of aromatic nitrogens is 4. The van der Waals surface area contributed by atoms with E-state index in [9.17, 15) is 4.79 Å². The maximum Gasteiger partial charge on any atom is 0.255 e. The molecule has 1 unspecified atom stereocenters. The first kappa shape index (κ1) is 15.6. The molecule has 0 N–H and O–H groups in total. The lowest BCUT2D eigenvalue weighted by molar-refractivity contribution is 0.0107. The molecular weight excluding hydrogens is 294 g/mol. The zero-order chi connectivity index (χ0) is 16.4. The average molecular weight is 315 g/mol. The average Bonchev–Trinajstić information content (AvgIpc) is 2.58. The predicted octanol–water partition coefficient (Wildman–Crippen LogP) is 1.10. The Bertz CT molecular complexity index is 729. The van der Waals surface area contributed by atoms with Gasteiger partial charge in [-0.2, -0.15) is 0 Å². The van der Waals surface area contributed by atoms with Gasteiger partial charge in [0.05, 0.1) is 24.1 Å². The Kier molecular flexibility index (Phi) is 4.38. The summed E-state index contributed by atoms with van der Waals surface area (Å²) < 4.78 is 7.38. The van der Waals surface area contributed by atoms with Crippen LogP contribution in [0, 0.1) is 5.92 Å². The second-order valence-corrected chi connectivity index (χ2v) is 6.03. The number of rotatable bonds is 3. The maximum atomic E-state index is 12.3. The first-order chi connectivity index (χ1) is 11.1. The van der Waals surface area contributed by atoms with Crippen LogP contribution in [-0.2, 0) is 11.8 Å². The molecule has 3 rings (SSSR count). The maximum absolute atomic E-state index is 12.3. The van der Waals surface area contributed by atoms with E-state index in [1.54, 1.807) is 23.9 Å². The summed E-state index contributed by atoms with van der Waals surface area (Å²) in [6, 6.07) is 3.26. The molecule has 0 aliphatic carbocycles. The number of anilines is 1. The molecule has 0 amide bonds. The molecule has 1 atom stereocenters. The molecule has 23 heavy (non-hydrogen) atoms. The van der Waals surface area contributed by atoms with Crippen LogP contribution in [0.2, 0.25) is 0 Å². The summed E-state index contributed by atoms with van der Waals surface area (Å²) in [5, 5.41) is 0. The van der Waals surface area contributed by atoms with Crippen molar-refractivity contribution in [3.8, 4) is 11.4 Å². The smallest absolute Gasteiger partial charge is 0.255 e. The second-order valence-electron chi connectivity index (χ2n) is 6.03. The fourth-order valence-corrected chi connectivity index (χ4v) is 2.64. The SMILES string of the molecule is CC(C)C1CN(c2nc(-c3ccncn3)cc(=O)n2C)CCO1. The Hall–Kier alpha value is -2.28. The molecular formula is C16H21N5O2. The first-order valence-corrected chi connectivity index (χ1v) is 7.77. The molecule has 1 fully saturated rings. The lowest BCUT2D eigenvalue weighted by Gasteiger charge is -2.36. The van der Waals surface area contributed by atoms with E-state index in [0.717, 1.165) is 13.1 Å². The monoisotopic (exact) mass is 315 g/mol. The molecule has 3 heterocycles. The number of ether oxygens (including phenoxy) is 1. The number of morpholine rings is 1. The van der Waals surface area contributed by atoms with Crippen LogP contribution in [0.1, 0.15) is 13.8 Å². The van der Waals surface area contributed by atoms with Crippen molar-refractivity contribution in [1.29, 1.82) is 0 Å². The first-order valence-electron chi connectivity index (χ1n) is 7.77. The van der Waals surface area contributed by atoms with Gasteiger partial charge in [0.1, 0.15) is 6.33 Å². The number of nitrogens with zero attached hydrogens (tertiary/aromatic N) is 5. The van der Waals surface area contributed by atoms with Gasteiger partial charge in [0.15, 0.2) is 0 Å². The molecule has 2 aromatic rings. The van der Waals surface area contributed by atoms with E-state index < -0.39 is 0 Å². The summed E-state index contributed by atoms with van der Waals surface area (Å²) in [6.07, 6.45) is 3.24. The Balaban J connectivity index is 1.99. The van der Waals surface area contributed by atoms with Gasteiger partial charge in [0.25, 0.3) is 5.56 Å². The van der Waals surface area contributed by atoms with Crippen molar-refractivity contribution in [2.45, 2.75) is 20.0 Å². The van der Waals surface area contributed by atoms with E-state index in [-0.39, 0.29) is 11.7 Å². The molecule has 122 valence electrons. The summed E-state index contributed by atoms with van der Waals surface area (Å²) in [5.74, 6) is 1.07. The predicted molar refractivity (Wildman–Crippen MR) is 87.3 cm³/mol. The van der Waals surface area contributed by atoms with Crippen LogP contribution < -0.4 is 10.5 Å². The third-order valence-corrected chi connectivity index (χ3v) is 4.08. The minimum absolute atomic E-state index is 0.101. The molecule has 0 spiro atoms. The molecule has 0 aromatic carbocycles. The topological polar surface area (TPSA) is 73.1 Å². The van der Waals surface area contributed by atoms with Crippen LogP contribution in [0.25, 0.3) is 11.4 Å². The van der Waals surface area contributed by atoms with Crippen LogP contribution in [-0.4, -0.2) is 45.3 Å². The highest BCUT2D eigenvalue weighted by atomic mass is 16.5. The molecule has 2 aromatic heterocycles. The molecule has 7 nitrogen and oxygen atoms in total. The lowest BCUT2D eigenvalue weighted by Crippen LogP contribution is -2.46. The number of hydrogen-bond acceptors (Lipinski definition) is 6. The van der Waals surface area contributed by atoms with E-state index >= 15 is 0 Å². The fourth-order valence-electron chi connectivity index (χ4n) is 2.64. The van der Waals surface area contributed by atoms with Crippen LogP contribution in [0.15, 0.2) is 29.5 Å². The van der Waals surface area contributed by atoms with Crippen molar-refractivity contribution in [1.82, 2.24) is 19.5 Å². The van der Waals surface area contributed by atoms with E-state index in [1.165, 1.54) is 12.4 Å². The standard InChI is InChI=1S/C16H21N5O2/c1-11(2)14-9-21(6-7-23-14)16-19-13(8-15(22)20(16)3)12-4-5-17-10-18-12/h4-5,8,10-11,14H,6-7,9H2,1-3H3. The van der Waals surface area contributed by atoms with Crippen molar-refractivity contribution in [2.75, 3.05) is 24.6 Å². The summed E-state index contributed by atoms with van der Waals surface area (Å²) in [5.41, 5.74) is 1.11. The van der Waals surface area contributed by atoms with Gasteiger partial charge in [-0.3, -0.25) is 9.36 Å². The van der Waals surface area contributed by atoms with Crippen molar-refractivity contribution in [3.05, 3.63) is 35.0 Å². The van der Waals surface area contributed by atoms with Gasteiger partial charge in [-0.15, -0.1) is 0 Å². The van der Waals surface area contributed by atoms with Crippen LogP contribution >= 0.6 is 0 Å². The van der Waals surface area contributed by atoms with E-state index in [4.69, 9.17) is 4.74 Å². The minimum Gasteiger partial charge on any atom is -0.374 e. The van der Waals surface area contributed by atoms with Crippen molar-refractivity contribution < 1.29 is 4.74 Å². The van der Waals surface area contributed by atoms with Gasteiger partial charge in [-0.05, 0) is 12.0 Å². The molecule has 7 heteroatoms. The Morgan fingerprint density at radius 2 is 2.17 bits per heavy atom. The van der Waals surface area contributed by atoms with Crippen LogP contribution in [0.3, 0.4) is 0 Å². The Morgan fingerprint density at radius 1 is 1.35 bits per heavy atom. The largest absolute Gasteiger partial charge is 0.374 e. The van der Waals surface area contributed by atoms with Gasteiger partial charge in [0, 0.05) is 32.4 Å². The van der Waals surface area contributed by atoms with Crippen molar-refractivity contribution in [2.24, 2.45) is 13.0 Å². The van der Waals surface area contributed by atoms with Gasteiger partial charge in [-0.1, -0.05) is 13.8 Å². The van der Waals surface area contributed by atoms with E-state index in [0.29, 0.717) is 29.9 Å². The fraction of sp³-hybridized carbons (Fsp3) is 0.500. The molecule has 1 aliphatic heterocycles. The second kappa shape index (κ2) is 6.45. The van der Waals surface area contributed by atoms with Crippen LogP contribution in [0.4, 0.5) is 5.95 Å². The zero-order valence-corrected chi connectivity index (χ0v) is 13.6. The minimum atomic E-state index is -0.101. The van der Waals surface area contributed by atoms with Crippen LogP contribution in [0.5, 0.6) is 0 Å². The quantitative estimate of drug-likeness (QED) is 0.844. The third kappa shape index (κ3) is 3.24. The summed E-state index contributed by atoms with van der Waals surface area (Å²) in [7, 11) is 1.74. The van der Waals surface area contributed by atoms with Gasteiger partial charge in [0.2, 0.25) is 5.95 Å². The molecule has 0 radical (unpaired) electrons. The normalized spacial score (nSPS) is 18.4. The van der Waals surface area contributed by atoms with Gasteiger partial charge < -0.3 is 9.64 Å². The number of hydrogen-bond donors (Lipinski definition) is 0. The van der Waals surface area contributed by atoms with Gasteiger partial charge in [-0.25, -0.2) is 15.0 Å². The highest BCUT2D eigenvalue weighted by molar-refractivity contribution is 5.55. The van der Waals surface area contributed by atoms with Gasteiger partial charge >= 0.3 is 0 Å². The summed E-state index contributed by atoms with van der Waals surface area (Å²) >= 11 is 0. The van der Waals surface area contributed by atoms with E-state index in [1.807, 2.05) is 0 Å². The summed E-state index contributed by atoms with van der Waals surface area (Å²) in [4.78, 5) is 27.2. The highest BCUT2D eigenvalue weighted by Crippen LogP contribution is 2.20. The highest BCUT2D eigenvalue weighted by Gasteiger charge is 2.25. The molecule has 1 saturated heterocycles. The molecule has 1 aliphatic rings. The van der Waals surface area contributed by atoms with Crippen molar-refractivity contribution in [3.63, 3.8) is 0 Å².